The Balaban J connectivity index is 1.23. The molecule has 0 N–H and O–H groups in total. The van der Waals surface area contributed by atoms with E-state index < -0.39 is 0 Å². The number of pyridine rings is 2. The Morgan fingerprint density at radius 2 is 1.43 bits per heavy atom. The second-order valence-corrected chi connectivity index (χ2v) is 17.0. The van der Waals surface area contributed by atoms with Crippen LogP contribution < -0.4 is 9.13 Å². The monoisotopic (exact) mass is 739 g/mol. The molecular formula is C53H61N3+2. The number of fused-ring (bicyclic) bond motifs is 6. The van der Waals surface area contributed by atoms with Crippen LogP contribution in [0.2, 0.25) is 0 Å². The van der Waals surface area contributed by atoms with Gasteiger partial charge in [-0.25, -0.2) is 0 Å². The molecular weight excluding hydrogens is 679 g/mol. The molecule has 0 bridgehead atoms. The molecule has 4 heterocycles. The van der Waals surface area contributed by atoms with Crippen molar-refractivity contribution in [3.05, 3.63) is 144 Å². The third-order valence-electron chi connectivity index (χ3n) is 13.0. The maximum atomic E-state index is 2.73. The van der Waals surface area contributed by atoms with E-state index in [4.69, 9.17) is 0 Å². The molecule has 0 saturated heterocycles. The lowest BCUT2D eigenvalue weighted by Gasteiger charge is -2.40. The number of nitrogens with zero attached hydrogens (tertiary/aromatic N) is 3. The predicted molar refractivity (Wildman–Crippen MR) is 236 cm³/mol. The fraction of sp³-hybridized carbons (Fsp3) is 0.358. The number of para-hydroxylation sites is 1. The van der Waals surface area contributed by atoms with Crippen molar-refractivity contribution in [1.29, 1.82) is 0 Å². The molecule has 3 nitrogen and oxygen atoms in total. The number of hydrogen-bond acceptors (Lipinski definition) is 0. The van der Waals surface area contributed by atoms with Gasteiger partial charge in [-0.15, -0.1) is 0 Å². The molecule has 56 heavy (non-hydrogen) atoms. The summed E-state index contributed by atoms with van der Waals surface area (Å²) in [5.74, 6) is 0.929. The van der Waals surface area contributed by atoms with Gasteiger partial charge in [-0.1, -0.05) is 114 Å². The lowest BCUT2D eigenvalue weighted by atomic mass is 9.68. The third-order valence-corrected chi connectivity index (χ3v) is 13.0. The number of aryl methyl sites for hydroxylation is 4. The van der Waals surface area contributed by atoms with E-state index in [2.05, 4.69) is 184 Å². The maximum Gasteiger partial charge on any atom is 0.213 e. The highest BCUT2D eigenvalue weighted by Gasteiger charge is 2.52. The van der Waals surface area contributed by atoms with Gasteiger partial charge in [-0.05, 0) is 85.2 Å². The van der Waals surface area contributed by atoms with Crippen molar-refractivity contribution in [1.82, 2.24) is 4.57 Å². The highest BCUT2D eigenvalue weighted by Crippen LogP contribution is 2.48. The zero-order chi connectivity index (χ0) is 39.0. The summed E-state index contributed by atoms with van der Waals surface area (Å²) in [4.78, 5) is 0. The van der Waals surface area contributed by atoms with E-state index in [1.54, 1.807) is 0 Å². The van der Waals surface area contributed by atoms with Crippen LogP contribution in [-0.2, 0) is 25.0 Å². The predicted octanol–water partition coefficient (Wildman–Crippen LogP) is 13.1. The van der Waals surface area contributed by atoms with E-state index in [0.29, 0.717) is 11.8 Å². The first-order chi connectivity index (χ1) is 27.3. The second-order valence-electron chi connectivity index (χ2n) is 17.0. The zero-order valence-electron chi connectivity index (χ0n) is 34.9. The van der Waals surface area contributed by atoms with Gasteiger partial charge in [-0.3, -0.25) is 0 Å². The molecule has 3 aromatic heterocycles. The van der Waals surface area contributed by atoms with Crippen LogP contribution in [0.25, 0.3) is 55.4 Å². The summed E-state index contributed by atoms with van der Waals surface area (Å²) in [5, 5.41) is 2.69. The minimum atomic E-state index is -0.0488. The van der Waals surface area contributed by atoms with Crippen molar-refractivity contribution in [2.75, 3.05) is 0 Å². The first-order valence-electron chi connectivity index (χ1n) is 21.5. The summed E-state index contributed by atoms with van der Waals surface area (Å²) >= 11 is 0. The van der Waals surface area contributed by atoms with Crippen LogP contribution in [0.3, 0.4) is 0 Å². The van der Waals surface area contributed by atoms with E-state index in [9.17, 15) is 0 Å². The highest BCUT2D eigenvalue weighted by atomic mass is 15.1. The van der Waals surface area contributed by atoms with Crippen molar-refractivity contribution in [3.8, 4) is 33.6 Å². The van der Waals surface area contributed by atoms with Crippen LogP contribution in [0, 0.1) is 19.8 Å². The normalized spacial score (nSPS) is 14.8. The van der Waals surface area contributed by atoms with Crippen molar-refractivity contribution in [2.24, 2.45) is 5.92 Å². The van der Waals surface area contributed by atoms with Crippen molar-refractivity contribution in [3.63, 3.8) is 0 Å². The maximum absolute atomic E-state index is 2.73. The summed E-state index contributed by atoms with van der Waals surface area (Å²) in [7, 11) is 0. The van der Waals surface area contributed by atoms with Gasteiger partial charge in [0.1, 0.15) is 6.54 Å². The molecule has 0 saturated carbocycles. The molecule has 7 aromatic rings. The first kappa shape index (κ1) is 37.9. The van der Waals surface area contributed by atoms with Crippen LogP contribution >= 0.6 is 0 Å². The largest absolute Gasteiger partial charge is 0.340 e. The summed E-state index contributed by atoms with van der Waals surface area (Å²) in [6.07, 6.45) is 13.0. The van der Waals surface area contributed by atoms with Crippen LogP contribution in [0.4, 0.5) is 0 Å². The number of rotatable bonds is 13. The molecule has 8 rings (SSSR count). The lowest BCUT2D eigenvalue weighted by Crippen LogP contribution is -2.62. The molecule has 1 unspecified atom stereocenters. The molecule has 0 aliphatic carbocycles. The number of hydrogen-bond donors (Lipinski definition) is 0. The standard InChI is InChI=1S/C53H61N3/c1-8-11-13-22-41-32-52-43-24-17-16-23-42(43)48(53(9-2,10-3)56(52)36-47(41)40-20-14-12-15-21-40)29-30-54-35-38(6)27-28-49(54)45-33-46-44-25-18-19-26-50(44)55(34-37(4)5)51(46)31-39(45)7/h12,14-21,23-28,31-33,35-37,48H,8-11,13,22,29-30,34H2,1-7H3/q+2. The fourth-order valence-electron chi connectivity index (χ4n) is 10.2. The third kappa shape index (κ3) is 6.67. The Morgan fingerprint density at radius 3 is 2.20 bits per heavy atom. The SMILES string of the molecule is CCCCCc1cc2[n+](cc1-c1ccccc1)C(CC)(CC)C(CC[n+]1cc(C)ccc1-c1cc3c4ccccc4n(CC(C)C)c3cc1C)c1ccccc1-2. The molecule has 1 aliphatic rings. The van der Waals surface area contributed by atoms with Crippen molar-refractivity contribution < 1.29 is 9.13 Å². The molecule has 3 heteroatoms. The molecule has 0 radical (unpaired) electrons. The molecule has 4 aromatic carbocycles. The van der Waals surface area contributed by atoms with Gasteiger partial charge in [0.2, 0.25) is 11.4 Å². The zero-order valence-corrected chi connectivity index (χ0v) is 34.9. The number of unbranched alkanes of at least 4 members (excludes halogenated alkanes) is 2. The minimum Gasteiger partial charge on any atom is -0.340 e. The van der Waals surface area contributed by atoms with Crippen LogP contribution in [-0.4, -0.2) is 4.57 Å². The van der Waals surface area contributed by atoms with Crippen LogP contribution in [0.15, 0.2) is 122 Å². The van der Waals surface area contributed by atoms with Gasteiger partial charge in [-0.2, -0.15) is 9.13 Å². The van der Waals surface area contributed by atoms with E-state index in [0.717, 1.165) is 38.8 Å². The smallest absolute Gasteiger partial charge is 0.213 e. The Bertz CT molecular complexity index is 2500. The van der Waals surface area contributed by atoms with Gasteiger partial charge in [0.05, 0.1) is 5.92 Å². The fourth-order valence-corrected chi connectivity index (χ4v) is 10.2. The van der Waals surface area contributed by atoms with E-state index in [1.165, 1.54) is 97.0 Å². The van der Waals surface area contributed by atoms with Gasteiger partial charge in [0.25, 0.3) is 0 Å². The number of benzene rings is 4. The molecule has 1 aliphatic heterocycles. The van der Waals surface area contributed by atoms with E-state index in [-0.39, 0.29) is 5.54 Å². The van der Waals surface area contributed by atoms with Crippen molar-refractivity contribution >= 4 is 21.8 Å². The Kier molecular flexibility index (Phi) is 10.7. The van der Waals surface area contributed by atoms with Gasteiger partial charge in [0.15, 0.2) is 17.9 Å². The average Bonchev–Trinajstić information content (AvgIpc) is 3.51. The molecule has 0 amide bonds. The summed E-state index contributed by atoms with van der Waals surface area (Å²) in [6.45, 7) is 18.3. The second kappa shape index (κ2) is 15.8. The van der Waals surface area contributed by atoms with E-state index >= 15 is 0 Å². The summed E-state index contributed by atoms with van der Waals surface area (Å²) in [5.41, 5.74) is 16.4. The van der Waals surface area contributed by atoms with E-state index in [1.807, 2.05) is 0 Å². The Labute approximate surface area is 335 Å². The van der Waals surface area contributed by atoms with Gasteiger partial charge in [0, 0.05) is 82.0 Å². The topological polar surface area (TPSA) is 12.7 Å². The lowest BCUT2D eigenvalue weighted by molar-refractivity contribution is -0.764. The first-order valence-corrected chi connectivity index (χ1v) is 21.5. The number of aromatic nitrogens is 3. The summed E-state index contributed by atoms with van der Waals surface area (Å²) < 4.78 is 7.85. The van der Waals surface area contributed by atoms with Crippen molar-refractivity contribution in [2.45, 2.75) is 118 Å². The van der Waals surface area contributed by atoms with Crippen LogP contribution in [0.5, 0.6) is 0 Å². The quantitative estimate of drug-likeness (QED) is 0.0825. The Morgan fingerprint density at radius 1 is 0.679 bits per heavy atom. The molecule has 1 atom stereocenters. The molecule has 286 valence electrons. The minimum absolute atomic E-state index is 0.0488. The Hall–Kier alpha value is -5.02. The van der Waals surface area contributed by atoms with Crippen LogP contribution in [0.1, 0.15) is 101 Å². The van der Waals surface area contributed by atoms with Gasteiger partial charge >= 0.3 is 0 Å². The highest BCUT2D eigenvalue weighted by molar-refractivity contribution is 6.09. The average molecular weight is 740 g/mol. The summed E-state index contributed by atoms with van der Waals surface area (Å²) in [6, 6.07) is 41.6. The van der Waals surface area contributed by atoms with Gasteiger partial charge < -0.3 is 4.57 Å². The molecule has 0 spiro atoms. The molecule has 0 fully saturated rings.